The van der Waals surface area contributed by atoms with E-state index in [2.05, 4.69) is 197 Å². The van der Waals surface area contributed by atoms with Crippen molar-refractivity contribution in [1.82, 2.24) is 50.9 Å². The van der Waals surface area contributed by atoms with Gasteiger partial charge in [-0.1, -0.05) is 182 Å². The molecule has 3 fully saturated rings. The van der Waals surface area contributed by atoms with Crippen molar-refractivity contribution >= 4 is 5.91 Å². The first-order valence-electron chi connectivity index (χ1n) is 39.2. The Morgan fingerprint density at radius 3 is 1.65 bits per heavy atom. The molecule has 0 aliphatic heterocycles. The Morgan fingerprint density at radius 2 is 1.23 bits per heavy atom. The molecule has 22 nitrogen and oxygen atoms in total. The summed E-state index contributed by atoms with van der Waals surface area (Å²) in [6, 6.07) is 16.6. The number of nitrogens with two attached hydrogens (primary N) is 5. The van der Waals surface area contributed by atoms with Crippen LogP contribution in [0.1, 0.15) is 206 Å². The van der Waals surface area contributed by atoms with Crippen LogP contribution in [0.4, 0.5) is 0 Å². The number of aromatic nitrogens is 7. The number of hydrogen-bond donors (Lipinski definition) is 12. The molecule has 0 bridgehead atoms. The molecule has 8 rings (SSSR count). The molecule has 17 N–H and O–H groups in total. The van der Waals surface area contributed by atoms with Gasteiger partial charge in [-0.05, 0) is 170 Å². The largest absolute Gasteiger partial charge is 0.493 e. The number of ether oxygens (including phenoxy) is 4. The summed E-state index contributed by atoms with van der Waals surface area (Å²) in [5.41, 5.74) is 32.5. The van der Waals surface area contributed by atoms with E-state index < -0.39 is 6.10 Å². The van der Waals surface area contributed by atoms with Gasteiger partial charge < -0.3 is 83.3 Å². The number of nitrogens with one attached hydrogen (secondary N) is 5. The molecule has 1 spiro atoms. The van der Waals surface area contributed by atoms with Gasteiger partial charge >= 0.3 is 0 Å². The third-order valence-corrected chi connectivity index (χ3v) is 15.7. The van der Waals surface area contributed by atoms with Gasteiger partial charge in [0.2, 0.25) is 5.91 Å². The molecule has 5 aromatic rings. The normalized spacial score (nSPS) is 15.8. The lowest BCUT2D eigenvalue weighted by atomic mass is 9.53. The number of benzene rings is 2. The van der Waals surface area contributed by atoms with E-state index in [9.17, 15) is 4.79 Å². The standard InChI is InChI=1S/C12H19NO.C11H21NO.C11H17NO.C9H15N3O.C7H12N2.C7H17NO2.C7H14.C6H11N3.C6H16N2.C6H15NO/c1-10(2)9-14-12-5-3-11(4-6-12)7-8-13;1-8(2)7-13-10-5-11(6-10)3-9(12)4-11;1-9(2)8-13-11-5-3-4-10(6-11)7-12;1-8(2)5-11-9(13)6-12-4-3-10-7-12;1-6(2)3-7-4-8-5-9-7;1-6(2)4-10-5-7(9)3-8;1-6(2)7-4-3-5-7;1-5(2)3-6-4-7-9-8-6;1-6(2)5-8-4-3-7;1-6(2)5-7-3-4-8/h3-6,10H,7-9,13H2,1-2H3;8-10H,3-7,12H2,1-2H3;3-6,9H,7-8,12H2,1-2H3;3-4,7-8H,5-6H2,1-2H3,(H,11,13);4-6H,3H2,1-2H3,(H,8,9);6-7,9H,3-5,8H2,1-2H3;6-7H,3-5H2,1-2H3;4-5H,3H2,1-2H3,(H,7,8,9);6,8H,3-5,7H2,1-2H3;6-8H,3-5H2,1-2H3. The lowest BCUT2D eigenvalue weighted by molar-refractivity contribution is -0.128. The molecule has 3 aliphatic rings. The zero-order chi connectivity index (χ0) is 78.7. The topological polar surface area (TPSA) is 349 Å². The Morgan fingerprint density at radius 1 is 0.644 bits per heavy atom. The van der Waals surface area contributed by atoms with Crippen molar-refractivity contribution in [1.29, 1.82) is 0 Å². The Kier molecular flexibility index (Phi) is 61.7. The monoisotopic (exact) mass is 1460 g/mol. The van der Waals surface area contributed by atoms with E-state index in [0.29, 0.717) is 97.8 Å². The number of imidazole rings is 2. The fraction of sp³-hybridized carbons (Fsp3) is 0.744. The van der Waals surface area contributed by atoms with Crippen LogP contribution in [-0.2, 0) is 46.6 Å². The molecule has 22 heteroatoms. The molecule has 602 valence electrons. The second-order valence-corrected chi connectivity index (χ2v) is 32.0. The molecule has 2 aromatic carbocycles. The van der Waals surface area contributed by atoms with Crippen molar-refractivity contribution in [3.8, 4) is 11.5 Å². The molecule has 3 aromatic heterocycles. The van der Waals surface area contributed by atoms with Crippen molar-refractivity contribution in [2.75, 3.05) is 92.0 Å². The van der Waals surface area contributed by atoms with Gasteiger partial charge in [0.1, 0.15) is 18.0 Å². The zero-order valence-electron chi connectivity index (χ0n) is 69.1. The van der Waals surface area contributed by atoms with Gasteiger partial charge in [-0.15, -0.1) is 0 Å². The first-order chi connectivity index (χ1) is 49.3. The Hall–Kier alpha value is -5.37. The minimum absolute atomic E-state index is 0.0340. The van der Waals surface area contributed by atoms with E-state index in [-0.39, 0.29) is 19.1 Å². The minimum atomic E-state index is -0.501. The van der Waals surface area contributed by atoms with Crippen LogP contribution in [0.15, 0.2) is 86.0 Å². The quantitative estimate of drug-likeness (QED) is 0.0170. The zero-order valence-corrected chi connectivity index (χ0v) is 69.1. The number of aliphatic hydroxyl groups excluding tert-OH is 2. The highest BCUT2D eigenvalue weighted by atomic mass is 16.5. The average molecular weight is 1470 g/mol. The predicted molar refractivity (Wildman–Crippen MR) is 434 cm³/mol. The Balaban J connectivity index is 0. The maximum absolute atomic E-state index is 11.3. The van der Waals surface area contributed by atoms with E-state index in [1.165, 1.54) is 56.2 Å². The number of nitrogens with zero attached hydrogens (tertiary/aromatic N) is 5. The predicted octanol–water partition coefficient (Wildman–Crippen LogP) is 12.4. The lowest BCUT2D eigenvalue weighted by Crippen LogP contribution is -2.55. The van der Waals surface area contributed by atoms with Crippen molar-refractivity contribution in [3.05, 3.63) is 108 Å². The number of rotatable bonds is 34. The van der Waals surface area contributed by atoms with Crippen LogP contribution in [0.3, 0.4) is 0 Å². The van der Waals surface area contributed by atoms with Crippen molar-refractivity contribution in [3.63, 3.8) is 0 Å². The molecule has 3 heterocycles. The summed E-state index contributed by atoms with van der Waals surface area (Å²) in [6.07, 6.45) is 23.0. The number of carbonyl (C=O) groups is 1. The lowest BCUT2D eigenvalue weighted by Gasteiger charge is -2.56. The molecule has 3 saturated carbocycles. The fourth-order valence-electron chi connectivity index (χ4n) is 10.0. The molecule has 0 radical (unpaired) electrons. The average Bonchev–Trinajstić information content (AvgIpc) is 1.03. The van der Waals surface area contributed by atoms with Gasteiger partial charge in [-0.25, -0.2) is 9.97 Å². The van der Waals surface area contributed by atoms with Crippen LogP contribution in [0.25, 0.3) is 0 Å². The number of aromatic amines is 2. The SMILES string of the molecule is CC(C)C1CCC1.CC(C)CNC(=O)Cn1ccnc1.CC(C)CNCCN.CC(C)CNCCO.CC(C)COC1CC2(CC(N)C2)C1.CC(C)COCC(O)CN.CC(C)COc1ccc(CCN)cc1.CC(C)COc1cccc(CN)c1.CC(C)Cc1cn[nH]n1.CC(C)Cc1cnc[nH]1. The molecule has 1 atom stereocenters. The Labute approximate surface area is 633 Å². The van der Waals surface area contributed by atoms with Crippen molar-refractivity contribution < 1.29 is 34.0 Å². The third kappa shape index (κ3) is 60.7. The van der Waals surface area contributed by atoms with Crippen LogP contribution < -0.4 is 54.1 Å². The molecule has 1 unspecified atom stereocenters. The van der Waals surface area contributed by atoms with Crippen molar-refractivity contribution in [2.45, 2.75) is 234 Å². The maximum Gasteiger partial charge on any atom is 0.239 e. The van der Waals surface area contributed by atoms with E-state index >= 15 is 0 Å². The summed E-state index contributed by atoms with van der Waals surface area (Å²) in [7, 11) is 0. The molecular formula is C82H157N15O7. The van der Waals surface area contributed by atoms with Gasteiger partial charge in [0.05, 0.1) is 63.2 Å². The van der Waals surface area contributed by atoms with Crippen LogP contribution in [0.5, 0.6) is 11.5 Å². The van der Waals surface area contributed by atoms with Crippen LogP contribution >= 0.6 is 0 Å². The van der Waals surface area contributed by atoms with Gasteiger partial charge in [-0.2, -0.15) is 15.4 Å². The summed E-state index contributed by atoms with van der Waals surface area (Å²) in [6.45, 7) is 54.1. The van der Waals surface area contributed by atoms with E-state index in [1.807, 2.05) is 42.6 Å². The van der Waals surface area contributed by atoms with Gasteiger partial charge in [0, 0.05) is 82.8 Å². The first kappa shape index (κ1) is 101. The Bertz CT molecular complexity index is 2550. The summed E-state index contributed by atoms with van der Waals surface area (Å²) in [4.78, 5) is 22.1. The second kappa shape index (κ2) is 63.7. The first-order valence-corrected chi connectivity index (χ1v) is 39.2. The molecule has 3 aliphatic carbocycles. The number of amides is 1. The van der Waals surface area contributed by atoms with E-state index in [1.54, 1.807) is 35.8 Å². The van der Waals surface area contributed by atoms with Crippen LogP contribution in [-0.4, -0.2) is 161 Å². The van der Waals surface area contributed by atoms with E-state index in [4.69, 9.17) is 57.8 Å². The fourth-order valence-corrected chi connectivity index (χ4v) is 10.0. The third-order valence-electron chi connectivity index (χ3n) is 15.7. The highest BCUT2D eigenvalue weighted by Gasteiger charge is 2.52. The van der Waals surface area contributed by atoms with Gasteiger partial charge in [-0.3, -0.25) is 4.79 Å². The summed E-state index contributed by atoms with van der Waals surface area (Å²) >= 11 is 0. The van der Waals surface area contributed by atoms with Crippen LogP contribution in [0, 0.1) is 70.5 Å². The smallest absolute Gasteiger partial charge is 0.239 e. The van der Waals surface area contributed by atoms with E-state index in [0.717, 1.165) is 119 Å². The highest BCUT2D eigenvalue weighted by Crippen LogP contribution is 2.56. The molecular weight excluding hydrogens is 1310 g/mol. The summed E-state index contributed by atoms with van der Waals surface area (Å²) in [5, 5.41) is 36.6. The highest BCUT2D eigenvalue weighted by molar-refractivity contribution is 5.75. The summed E-state index contributed by atoms with van der Waals surface area (Å²) < 4.78 is 23.8. The number of aliphatic hydroxyl groups is 2. The minimum Gasteiger partial charge on any atom is -0.493 e. The number of H-pyrrole nitrogens is 2. The molecule has 0 saturated heterocycles. The summed E-state index contributed by atoms with van der Waals surface area (Å²) in [5.74, 6) is 9.53. The van der Waals surface area contributed by atoms with Crippen LogP contribution in [0.2, 0.25) is 0 Å². The van der Waals surface area contributed by atoms with Gasteiger partial charge in [0.15, 0.2) is 0 Å². The molecule has 104 heavy (non-hydrogen) atoms. The van der Waals surface area contributed by atoms with Crippen molar-refractivity contribution in [2.24, 2.45) is 99.2 Å². The van der Waals surface area contributed by atoms with Gasteiger partial charge in [0.25, 0.3) is 0 Å². The number of hydrogen-bond acceptors (Lipinski definition) is 18. The maximum atomic E-state index is 11.3. The number of carbonyl (C=O) groups excluding carboxylic acids is 1. The molecule has 1 amide bonds. The second-order valence-electron chi connectivity index (χ2n) is 32.0.